The van der Waals surface area contributed by atoms with Crippen molar-refractivity contribution in [2.45, 2.75) is 39.2 Å². The third kappa shape index (κ3) is 5.29. The van der Waals surface area contributed by atoms with Crippen LogP contribution in [-0.4, -0.2) is 40.2 Å². The first-order valence-corrected chi connectivity index (χ1v) is 12.3. The Bertz CT molecular complexity index is 1340. The fourth-order valence-electron chi connectivity index (χ4n) is 3.09. The molecule has 0 fully saturated rings. The summed E-state index contributed by atoms with van der Waals surface area (Å²) in [7, 11) is 1.41. The fourth-order valence-corrected chi connectivity index (χ4v) is 4.09. The lowest BCUT2D eigenvalue weighted by Crippen LogP contribution is -2.24. The first-order valence-electron chi connectivity index (χ1n) is 10.3. The first-order chi connectivity index (χ1) is 16.1. The number of benzene rings is 2. The van der Waals surface area contributed by atoms with E-state index in [2.05, 4.69) is 41.9 Å². The standard InChI is InChI=1S/C23H22Br2ClN3O5/c1-5-11(2)21-28-16-7-6-14(24)9-15(16)22(30)29(21)27-10-13-8-17(33-4)20(19(26)18(13)25)34-12(3)23(31)32/h6-12H,5H2,1-4H3,(H,31,32)/t11-,12-/m1/s1. The zero-order valence-corrected chi connectivity index (χ0v) is 22.7. The van der Waals surface area contributed by atoms with Crippen LogP contribution in [0, 0.1) is 0 Å². The van der Waals surface area contributed by atoms with Gasteiger partial charge in [-0.1, -0.05) is 41.4 Å². The number of hydrogen-bond acceptors (Lipinski definition) is 6. The predicted octanol–water partition coefficient (Wildman–Crippen LogP) is 5.83. The third-order valence-electron chi connectivity index (χ3n) is 5.22. The smallest absolute Gasteiger partial charge is 0.344 e. The van der Waals surface area contributed by atoms with Crippen LogP contribution in [0.5, 0.6) is 11.5 Å². The lowest BCUT2D eigenvalue weighted by Gasteiger charge is -2.17. The number of aliphatic carboxylic acids is 1. The highest BCUT2D eigenvalue weighted by Crippen LogP contribution is 2.42. The molecule has 0 saturated heterocycles. The number of methoxy groups -OCH3 is 1. The van der Waals surface area contributed by atoms with Crippen LogP contribution in [0.25, 0.3) is 10.9 Å². The normalized spacial score (nSPS) is 13.3. The van der Waals surface area contributed by atoms with Gasteiger partial charge in [-0.25, -0.2) is 9.78 Å². The number of rotatable bonds is 8. The van der Waals surface area contributed by atoms with Crippen molar-refractivity contribution < 1.29 is 19.4 Å². The molecule has 0 spiro atoms. The molecule has 8 nitrogen and oxygen atoms in total. The summed E-state index contributed by atoms with van der Waals surface area (Å²) in [6.45, 7) is 5.37. The molecule has 0 aliphatic rings. The maximum Gasteiger partial charge on any atom is 0.344 e. The van der Waals surface area contributed by atoms with Crippen LogP contribution in [0.3, 0.4) is 0 Å². The van der Waals surface area contributed by atoms with E-state index in [9.17, 15) is 9.59 Å². The van der Waals surface area contributed by atoms with E-state index < -0.39 is 12.1 Å². The number of carbonyl (C=O) groups is 1. The molecule has 0 unspecified atom stereocenters. The van der Waals surface area contributed by atoms with Gasteiger partial charge in [0.1, 0.15) is 10.8 Å². The van der Waals surface area contributed by atoms with Crippen molar-refractivity contribution in [2.75, 3.05) is 7.11 Å². The van der Waals surface area contributed by atoms with Crippen molar-refractivity contribution in [3.8, 4) is 11.5 Å². The quantitative estimate of drug-likeness (QED) is 0.320. The Morgan fingerprint density at radius 1 is 1.32 bits per heavy atom. The molecule has 3 rings (SSSR count). The van der Waals surface area contributed by atoms with Crippen LogP contribution in [0.2, 0.25) is 5.02 Å². The molecule has 0 amide bonds. The van der Waals surface area contributed by atoms with Crippen LogP contribution < -0.4 is 15.0 Å². The molecular formula is C23H22Br2ClN3O5. The van der Waals surface area contributed by atoms with Crippen LogP contribution in [-0.2, 0) is 4.79 Å². The molecule has 180 valence electrons. The van der Waals surface area contributed by atoms with Gasteiger partial charge < -0.3 is 14.6 Å². The topological polar surface area (TPSA) is 103 Å². The maximum absolute atomic E-state index is 13.3. The molecule has 1 aromatic heterocycles. The van der Waals surface area contributed by atoms with Gasteiger partial charge in [0.15, 0.2) is 17.6 Å². The molecule has 1 heterocycles. The molecule has 0 radical (unpaired) electrons. The minimum absolute atomic E-state index is 0.0206. The number of ether oxygens (including phenoxy) is 2. The van der Waals surface area contributed by atoms with Gasteiger partial charge in [-0.15, -0.1) is 0 Å². The summed E-state index contributed by atoms with van der Waals surface area (Å²) < 4.78 is 13.3. The first kappa shape index (κ1) is 26.2. The summed E-state index contributed by atoms with van der Waals surface area (Å²) in [5.41, 5.74) is 0.783. The van der Waals surface area contributed by atoms with E-state index in [1.165, 1.54) is 24.9 Å². The average Bonchev–Trinajstić information content (AvgIpc) is 2.81. The van der Waals surface area contributed by atoms with E-state index in [0.717, 1.165) is 10.9 Å². The van der Waals surface area contributed by atoms with Crippen molar-refractivity contribution in [2.24, 2.45) is 5.10 Å². The number of halogens is 3. The Hall–Kier alpha value is -2.43. The van der Waals surface area contributed by atoms with Crippen LogP contribution in [0.15, 0.2) is 43.1 Å². The number of hydrogen-bond donors (Lipinski definition) is 1. The van der Waals surface area contributed by atoms with E-state index >= 15 is 0 Å². The minimum atomic E-state index is -1.15. The lowest BCUT2D eigenvalue weighted by atomic mass is 10.1. The molecule has 0 aliphatic heterocycles. The molecule has 2 aromatic carbocycles. The number of nitrogens with zero attached hydrogens (tertiary/aromatic N) is 3. The highest BCUT2D eigenvalue weighted by atomic mass is 79.9. The van der Waals surface area contributed by atoms with Crippen molar-refractivity contribution in [3.63, 3.8) is 0 Å². The Morgan fingerprint density at radius 2 is 2.03 bits per heavy atom. The molecule has 3 aromatic rings. The third-order valence-corrected chi connectivity index (χ3v) is 7.15. The second-order valence-electron chi connectivity index (χ2n) is 7.53. The minimum Gasteiger partial charge on any atom is -0.493 e. The lowest BCUT2D eigenvalue weighted by molar-refractivity contribution is -0.144. The molecule has 0 saturated carbocycles. The van der Waals surface area contributed by atoms with Gasteiger partial charge in [0.05, 0.1) is 24.2 Å². The van der Waals surface area contributed by atoms with Gasteiger partial charge in [0.2, 0.25) is 0 Å². The summed E-state index contributed by atoms with van der Waals surface area (Å²) >= 11 is 13.3. The molecule has 11 heteroatoms. The van der Waals surface area contributed by atoms with Crippen molar-refractivity contribution in [1.29, 1.82) is 0 Å². The van der Waals surface area contributed by atoms with Gasteiger partial charge in [-0.05, 0) is 53.5 Å². The Balaban J connectivity index is 2.16. The van der Waals surface area contributed by atoms with Crippen LogP contribution in [0.1, 0.15) is 44.5 Å². The van der Waals surface area contributed by atoms with E-state index in [0.29, 0.717) is 26.8 Å². The van der Waals surface area contributed by atoms with Gasteiger partial charge in [0, 0.05) is 20.4 Å². The fraction of sp³-hybridized carbons (Fsp3) is 0.304. The molecule has 1 N–H and O–H groups in total. The van der Waals surface area contributed by atoms with Crippen molar-refractivity contribution in [3.05, 3.63) is 60.0 Å². The molecule has 0 aliphatic carbocycles. The molecular weight excluding hydrogens is 594 g/mol. The second-order valence-corrected chi connectivity index (χ2v) is 9.61. The van der Waals surface area contributed by atoms with E-state index in [1.807, 2.05) is 19.9 Å². The van der Waals surface area contributed by atoms with Gasteiger partial charge in [0.25, 0.3) is 5.56 Å². The van der Waals surface area contributed by atoms with E-state index in [4.69, 9.17) is 26.2 Å². The SMILES string of the molecule is CC[C@@H](C)c1nc2ccc(Br)cc2c(=O)n1N=Cc1cc(OC)c(O[C@H](C)C(=O)O)c(Cl)c1Br. The van der Waals surface area contributed by atoms with E-state index in [-0.39, 0.29) is 28.0 Å². The zero-order chi connectivity index (χ0) is 25.2. The molecule has 34 heavy (non-hydrogen) atoms. The number of aromatic nitrogens is 2. The summed E-state index contributed by atoms with van der Waals surface area (Å²) in [5, 5.41) is 14.1. The Labute approximate surface area is 217 Å². The Kier molecular flexibility index (Phi) is 8.38. The largest absolute Gasteiger partial charge is 0.493 e. The van der Waals surface area contributed by atoms with Crippen molar-refractivity contribution >= 4 is 66.5 Å². The van der Waals surface area contributed by atoms with Crippen LogP contribution >= 0.6 is 43.5 Å². The monoisotopic (exact) mass is 613 g/mol. The highest BCUT2D eigenvalue weighted by Gasteiger charge is 2.22. The van der Waals surface area contributed by atoms with Crippen LogP contribution in [0.4, 0.5) is 0 Å². The summed E-state index contributed by atoms with van der Waals surface area (Å²) in [6, 6.07) is 6.92. The zero-order valence-electron chi connectivity index (χ0n) is 18.8. The predicted molar refractivity (Wildman–Crippen MR) is 139 cm³/mol. The highest BCUT2D eigenvalue weighted by molar-refractivity contribution is 9.10. The average molecular weight is 616 g/mol. The molecule has 0 bridgehead atoms. The summed E-state index contributed by atoms with van der Waals surface area (Å²) in [6.07, 6.45) is 1.08. The summed E-state index contributed by atoms with van der Waals surface area (Å²) in [4.78, 5) is 29.2. The second kappa shape index (κ2) is 10.9. The van der Waals surface area contributed by atoms with E-state index in [1.54, 1.807) is 18.2 Å². The molecule has 2 atom stereocenters. The van der Waals surface area contributed by atoms with Gasteiger partial charge in [-0.2, -0.15) is 9.78 Å². The number of carboxylic acid groups (broad SMARTS) is 1. The summed E-state index contributed by atoms with van der Waals surface area (Å²) in [5.74, 6) is -0.335. The Morgan fingerprint density at radius 3 is 2.65 bits per heavy atom. The maximum atomic E-state index is 13.3. The number of fused-ring (bicyclic) bond motifs is 1. The van der Waals surface area contributed by atoms with Gasteiger partial charge in [-0.3, -0.25) is 4.79 Å². The van der Waals surface area contributed by atoms with Crippen molar-refractivity contribution in [1.82, 2.24) is 9.66 Å². The van der Waals surface area contributed by atoms with Gasteiger partial charge >= 0.3 is 5.97 Å². The number of carboxylic acids is 1.